The number of halogens is 2. The number of benzene rings is 1. The van der Waals surface area contributed by atoms with E-state index < -0.39 is 0 Å². The fraction of sp³-hybridized carbons (Fsp3) is 0.550. The second-order valence-corrected chi connectivity index (χ2v) is 8.48. The third-order valence-electron chi connectivity index (χ3n) is 4.30. The van der Waals surface area contributed by atoms with E-state index in [0.717, 1.165) is 10.8 Å². The third kappa shape index (κ3) is 7.24. The van der Waals surface area contributed by atoms with Crippen molar-refractivity contribution in [1.29, 1.82) is 0 Å². The molecule has 0 amide bonds. The fourth-order valence-electron chi connectivity index (χ4n) is 2.83. The minimum atomic E-state index is -0.154. The summed E-state index contributed by atoms with van der Waals surface area (Å²) in [7, 11) is 0. The van der Waals surface area contributed by atoms with Crippen molar-refractivity contribution in [3.8, 4) is 0 Å². The minimum Gasteiger partial charge on any atom is -0.319 e. The zero-order chi connectivity index (χ0) is 17.9. The number of unbranched alkanes of at least 4 members (excludes halogenated alkanes) is 6. The normalized spacial score (nSPS) is 13.7. The first kappa shape index (κ1) is 20.7. The second kappa shape index (κ2) is 11.9. The topological polar surface area (TPSA) is 17.8 Å². The van der Waals surface area contributed by atoms with Crippen LogP contribution in [-0.4, -0.2) is 15.3 Å². The summed E-state index contributed by atoms with van der Waals surface area (Å²) < 4.78 is 1.97. The largest absolute Gasteiger partial charge is 0.319 e. The van der Waals surface area contributed by atoms with Crippen LogP contribution in [0.4, 0.5) is 0 Å². The first-order valence-corrected chi connectivity index (χ1v) is 11.1. The van der Waals surface area contributed by atoms with Gasteiger partial charge in [0.2, 0.25) is 0 Å². The van der Waals surface area contributed by atoms with Crippen LogP contribution in [0.1, 0.15) is 68.2 Å². The highest BCUT2D eigenvalue weighted by Crippen LogP contribution is 2.41. The molecule has 25 heavy (non-hydrogen) atoms. The number of nitrogens with zero attached hydrogens (tertiary/aromatic N) is 2. The van der Waals surface area contributed by atoms with E-state index in [4.69, 9.17) is 23.2 Å². The monoisotopic (exact) mass is 398 g/mol. The van der Waals surface area contributed by atoms with E-state index in [0.29, 0.717) is 0 Å². The molecule has 0 N–H and O–H groups in total. The van der Waals surface area contributed by atoms with Crippen LogP contribution in [0, 0.1) is 0 Å². The maximum absolute atomic E-state index is 6.75. The molecule has 5 heteroatoms. The Labute approximate surface area is 166 Å². The highest BCUT2D eigenvalue weighted by molar-refractivity contribution is 7.99. The SMILES string of the molecule is CCCCCCCCCSC(c1ccc(Cl)cc1)C(Cl)n1ccnc1. The van der Waals surface area contributed by atoms with E-state index in [-0.39, 0.29) is 10.8 Å². The number of hydrogen-bond donors (Lipinski definition) is 0. The van der Waals surface area contributed by atoms with E-state index in [1.165, 1.54) is 50.5 Å². The molecule has 0 aliphatic carbocycles. The number of imidazole rings is 1. The molecular formula is C20H28Cl2N2S. The summed E-state index contributed by atoms with van der Waals surface area (Å²) in [4.78, 5) is 4.13. The van der Waals surface area contributed by atoms with Gasteiger partial charge in [0.05, 0.1) is 11.6 Å². The van der Waals surface area contributed by atoms with Crippen molar-refractivity contribution in [2.24, 2.45) is 0 Å². The molecule has 0 aliphatic heterocycles. The molecule has 2 unspecified atom stereocenters. The Morgan fingerprint density at radius 2 is 1.72 bits per heavy atom. The van der Waals surface area contributed by atoms with Gasteiger partial charge in [0.25, 0.3) is 0 Å². The minimum absolute atomic E-state index is 0.154. The van der Waals surface area contributed by atoms with Crippen molar-refractivity contribution in [3.05, 3.63) is 53.6 Å². The average molecular weight is 399 g/mol. The summed E-state index contributed by atoms with van der Waals surface area (Å²) in [5, 5.41) is 0.946. The summed E-state index contributed by atoms with van der Waals surface area (Å²) in [5.74, 6) is 1.12. The van der Waals surface area contributed by atoms with Gasteiger partial charge in [0.15, 0.2) is 0 Å². The lowest BCUT2D eigenvalue weighted by Gasteiger charge is -2.23. The third-order valence-corrected chi connectivity index (χ3v) is 6.60. The van der Waals surface area contributed by atoms with Crippen LogP contribution < -0.4 is 0 Å². The number of alkyl halides is 1. The number of hydrogen-bond acceptors (Lipinski definition) is 2. The molecule has 0 radical (unpaired) electrons. The lowest BCUT2D eigenvalue weighted by Crippen LogP contribution is -2.10. The van der Waals surface area contributed by atoms with Gasteiger partial charge in [-0.1, -0.05) is 80.8 Å². The zero-order valence-electron chi connectivity index (χ0n) is 14.9. The highest BCUT2D eigenvalue weighted by Gasteiger charge is 2.23. The quantitative estimate of drug-likeness (QED) is 0.272. The van der Waals surface area contributed by atoms with Gasteiger partial charge >= 0.3 is 0 Å². The Bertz CT molecular complexity index is 572. The van der Waals surface area contributed by atoms with Crippen LogP contribution >= 0.6 is 35.0 Å². The van der Waals surface area contributed by atoms with E-state index in [9.17, 15) is 0 Å². The van der Waals surface area contributed by atoms with Gasteiger partial charge in [-0.2, -0.15) is 11.8 Å². The van der Waals surface area contributed by atoms with Crippen LogP contribution in [0.3, 0.4) is 0 Å². The van der Waals surface area contributed by atoms with Crippen molar-refractivity contribution in [1.82, 2.24) is 9.55 Å². The van der Waals surface area contributed by atoms with Crippen molar-refractivity contribution in [3.63, 3.8) is 0 Å². The number of rotatable bonds is 12. The summed E-state index contributed by atoms with van der Waals surface area (Å²) in [6, 6.07) is 8.04. The van der Waals surface area contributed by atoms with E-state index in [1.807, 2.05) is 34.7 Å². The molecule has 0 bridgehead atoms. The van der Waals surface area contributed by atoms with Gasteiger partial charge in [0.1, 0.15) is 5.50 Å². The van der Waals surface area contributed by atoms with Crippen LogP contribution in [0.15, 0.2) is 43.0 Å². The predicted molar refractivity (Wildman–Crippen MR) is 112 cm³/mol. The molecule has 0 aliphatic rings. The van der Waals surface area contributed by atoms with Crippen molar-refractivity contribution in [2.75, 3.05) is 5.75 Å². The van der Waals surface area contributed by atoms with Crippen LogP contribution in [-0.2, 0) is 0 Å². The highest BCUT2D eigenvalue weighted by atomic mass is 35.5. The summed E-state index contributed by atoms with van der Waals surface area (Å²) in [6.07, 6.45) is 14.8. The Morgan fingerprint density at radius 3 is 2.36 bits per heavy atom. The van der Waals surface area contributed by atoms with Crippen LogP contribution in [0.2, 0.25) is 5.02 Å². The molecule has 2 atom stereocenters. The Hall–Kier alpha value is -0.640. The Morgan fingerprint density at radius 1 is 1.04 bits per heavy atom. The van der Waals surface area contributed by atoms with Crippen LogP contribution in [0.5, 0.6) is 0 Å². The van der Waals surface area contributed by atoms with Crippen molar-refractivity contribution < 1.29 is 0 Å². The maximum Gasteiger partial charge on any atom is 0.125 e. The van der Waals surface area contributed by atoms with Gasteiger partial charge in [-0.05, 0) is 29.9 Å². The zero-order valence-corrected chi connectivity index (χ0v) is 17.2. The average Bonchev–Trinajstić information content (AvgIpc) is 3.16. The smallest absolute Gasteiger partial charge is 0.125 e. The van der Waals surface area contributed by atoms with Crippen molar-refractivity contribution in [2.45, 2.75) is 62.6 Å². The lowest BCUT2D eigenvalue weighted by molar-refractivity contribution is 0.602. The lowest BCUT2D eigenvalue weighted by atomic mass is 10.1. The number of thioether (sulfide) groups is 1. The van der Waals surface area contributed by atoms with Gasteiger partial charge in [-0.15, -0.1) is 0 Å². The molecule has 0 saturated carbocycles. The second-order valence-electron chi connectivity index (χ2n) is 6.35. The fourth-order valence-corrected chi connectivity index (χ4v) is 4.71. The summed E-state index contributed by atoms with van der Waals surface area (Å²) >= 11 is 14.7. The van der Waals surface area contributed by atoms with E-state index >= 15 is 0 Å². The number of aromatic nitrogens is 2. The van der Waals surface area contributed by atoms with Crippen molar-refractivity contribution >= 4 is 35.0 Å². The molecular weight excluding hydrogens is 371 g/mol. The standard InChI is InChI=1S/C20H28Cl2N2S/c1-2-3-4-5-6-7-8-15-25-19(17-9-11-18(21)12-10-17)20(22)24-14-13-23-16-24/h9-14,16,19-20H,2-8,15H2,1H3. The first-order valence-electron chi connectivity index (χ1n) is 9.21. The Kier molecular flexibility index (Phi) is 9.82. The molecule has 2 aromatic rings. The van der Waals surface area contributed by atoms with Gasteiger partial charge in [0, 0.05) is 17.4 Å². The maximum atomic E-state index is 6.75. The van der Waals surface area contributed by atoms with E-state index in [1.54, 1.807) is 12.5 Å². The molecule has 2 nitrogen and oxygen atoms in total. The van der Waals surface area contributed by atoms with Crippen LogP contribution in [0.25, 0.3) is 0 Å². The predicted octanol–water partition coefficient (Wildman–Crippen LogP) is 7.50. The first-order chi connectivity index (χ1) is 12.2. The molecule has 0 spiro atoms. The van der Waals surface area contributed by atoms with Gasteiger partial charge in [-0.25, -0.2) is 4.98 Å². The van der Waals surface area contributed by atoms with E-state index in [2.05, 4.69) is 24.0 Å². The molecule has 0 saturated heterocycles. The Balaban J connectivity index is 1.86. The van der Waals surface area contributed by atoms with Gasteiger partial charge in [-0.3, -0.25) is 0 Å². The summed E-state index contributed by atoms with van der Waals surface area (Å²) in [5.41, 5.74) is 1.06. The van der Waals surface area contributed by atoms with Gasteiger partial charge < -0.3 is 4.57 Å². The molecule has 1 heterocycles. The molecule has 1 aromatic carbocycles. The molecule has 1 aromatic heterocycles. The molecule has 0 fully saturated rings. The molecule has 138 valence electrons. The molecule has 2 rings (SSSR count). The summed E-state index contributed by atoms with van der Waals surface area (Å²) in [6.45, 7) is 2.26.